The van der Waals surface area contributed by atoms with Crippen LogP contribution in [0.15, 0.2) is 48.5 Å². The average Bonchev–Trinajstić information content (AvgIpc) is 2.40. The summed E-state index contributed by atoms with van der Waals surface area (Å²) in [6.45, 7) is 0. The molecule has 0 aliphatic carbocycles. The van der Waals surface area contributed by atoms with E-state index in [1.165, 1.54) is 18.2 Å². The maximum Gasteiger partial charge on any atom is 0.416 e. The molecular weight excluding hydrogens is 339 g/mol. The van der Waals surface area contributed by atoms with Gasteiger partial charge in [-0.05, 0) is 29.8 Å². The fourth-order valence-corrected chi connectivity index (χ4v) is 3.30. The van der Waals surface area contributed by atoms with Crippen LogP contribution in [0, 0.1) is 0 Å². The molecule has 118 valence electrons. The maximum atomic E-state index is 12.6. The highest BCUT2D eigenvalue weighted by Crippen LogP contribution is 2.31. The third-order valence-corrected chi connectivity index (χ3v) is 4.37. The predicted molar refractivity (Wildman–Crippen MR) is 79.1 cm³/mol. The lowest BCUT2D eigenvalue weighted by atomic mass is 10.2. The van der Waals surface area contributed by atoms with Crippen LogP contribution in [0.2, 0.25) is 5.02 Å². The number of hydrogen-bond donors (Lipinski definition) is 1. The minimum absolute atomic E-state index is 0.151. The molecule has 0 bridgehead atoms. The molecule has 0 fully saturated rings. The number of hydrogen-bond acceptors (Lipinski definition) is 2. The Bertz CT molecular complexity index is 776. The summed E-state index contributed by atoms with van der Waals surface area (Å²) < 4.78 is 64.0. The molecular formula is C14H11ClF3NO2S. The van der Waals surface area contributed by atoms with E-state index in [-0.39, 0.29) is 10.7 Å². The monoisotopic (exact) mass is 349 g/mol. The minimum atomic E-state index is -4.54. The molecule has 0 saturated carbocycles. The molecule has 2 aromatic rings. The van der Waals surface area contributed by atoms with E-state index in [1.54, 1.807) is 12.1 Å². The lowest BCUT2D eigenvalue weighted by Crippen LogP contribution is -2.16. The van der Waals surface area contributed by atoms with Gasteiger partial charge in [0.1, 0.15) is 0 Å². The zero-order valence-corrected chi connectivity index (χ0v) is 12.6. The molecule has 0 amide bonds. The summed E-state index contributed by atoms with van der Waals surface area (Å²) in [5.41, 5.74) is -0.712. The fraction of sp³-hybridized carbons (Fsp3) is 0.143. The van der Waals surface area contributed by atoms with Gasteiger partial charge >= 0.3 is 6.18 Å². The summed E-state index contributed by atoms with van der Waals surface area (Å²) in [5.74, 6) is -0.428. The second-order valence-electron chi connectivity index (χ2n) is 4.53. The first-order chi connectivity index (χ1) is 10.2. The van der Waals surface area contributed by atoms with Crippen LogP contribution < -0.4 is 4.72 Å². The van der Waals surface area contributed by atoms with Crippen LogP contribution >= 0.6 is 11.6 Å². The number of anilines is 1. The van der Waals surface area contributed by atoms with Gasteiger partial charge in [0, 0.05) is 10.7 Å². The number of rotatable bonds is 4. The van der Waals surface area contributed by atoms with Crippen LogP contribution in [0.5, 0.6) is 0 Å². The number of halogens is 4. The van der Waals surface area contributed by atoms with E-state index in [9.17, 15) is 21.6 Å². The van der Waals surface area contributed by atoms with Crippen molar-refractivity contribution in [1.82, 2.24) is 0 Å². The van der Waals surface area contributed by atoms with Crippen LogP contribution in [0.3, 0.4) is 0 Å². The summed E-state index contributed by atoms with van der Waals surface area (Å²) >= 11 is 5.88. The standard InChI is InChI=1S/C14H11ClF3NO2S/c15-13-7-2-1-4-10(13)9-22(20,21)19-12-6-3-5-11(8-12)14(16,17)18/h1-8,19H,9H2. The summed E-state index contributed by atoms with van der Waals surface area (Å²) in [5, 5.41) is 0.275. The van der Waals surface area contributed by atoms with Gasteiger partial charge in [-0.15, -0.1) is 0 Å². The maximum absolute atomic E-state index is 12.6. The van der Waals surface area contributed by atoms with Gasteiger partial charge < -0.3 is 0 Å². The molecule has 3 nitrogen and oxygen atoms in total. The molecule has 2 aromatic carbocycles. The zero-order valence-electron chi connectivity index (χ0n) is 11.1. The Morgan fingerprint density at radius 1 is 1.05 bits per heavy atom. The first-order valence-electron chi connectivity index (χ1n) is 6.08. The van der Waals surface area contributed by atoms with E-state index in [1.807, 2.05) is 0 Å². The quantitative estimate of drug-likeness (QED) is 0.894. The molecule has 0 spiro atoms. The smallest absolute Gasteiger partial charge is 0.283 e. The predicted octanol–water partition coefficient (Wildman–Crippen LogP) is 4.30. The molecule has 22 heavy (non-hydrogen) atoms. The highest BCUT2D eigenvalue weighted by molar-refractivity contribution is 7.91. The van der Waals surface area contributed by atoms with Crippen LogP contribution in [0.4, 0.5) is 18.9 Å². The zero-order chi connectivity index (χ0) is 16.4. The number of nitrogens with one attached hydrogen (secondary N) is 1. The Morgan fingerprint density at radius 2 is 1.73 bits per heavy atom. The van der Waals surface area contributed by atoms with Crippen molar-refractivity contribution in [3.63, 3.8) is 0 Å². The van der Waals surface area contributed by atoms with Crippen molar-refractivity contribution in [3.8, 4) is 0 Å². The van der Waals surface area contributed by atoms with E-state index in [0.717, 1.165) is 18.2 Å². The van der Waals surface area contributed by atoms with Crippen molar-refractivity contribution in [3.05, 3.63) is 64.7 Å². The summed E-state index contributed by atoms with van der Waals surface area (Å²) in [6, 6.07) is 10.3. The van der Waals surface area contributed by atoms with E-state index in [4.69, 9.17) is 11.6 Å². The second kappa shape index (κ2) is 6.18. The lowest BCUT2D eigenvalue weighted by molar-refractivity contribution is -0.137. The molecule has 8 heteroatoms. The van der Waals surface area contributed by atoms with Gasteiger partial charge in [-0.3, -0.25) is 4.72 Å². The molecule has 0 aromatic heterocycles. The topological polar surface area (TPSA) is 46.2 Å². The van der Waals surface area contributed by atoms with Gasteiger partial charge in [-0.2, -0.15) is 13.2 Å². The van der Waals surface area contributed by atoms with Crippen molar-refractivity contribution in [2.24, 2.45) is 0 Å². The first-order valence-corrected chi connectivity index (χ1v) is 8.11. The highest BCUT2D eigenvalue weighted by atomic mass is 35.5. The van der Waals surface area contributed by atoms with Gasteiger partial charge in [0.2, 0.25) is 10.0 Å². The largest absolute Gasteiger partial charge is 0.416 e. The van der Waals surface area contributed by atoms with Gasteiger partial charge in [0.15, 0.2) is 0 Å². The third-order valence-electron chi connectivity index (χ3n) is 2.77. The highest BCUT2D eigenvalue weighted by Gasteiger charge is 2.30. The number of benzene rings is 2. The van der Waals surface area contributed by atoms with Crippen LogP contribution in [-0.2, 0) is 22.0 Å². The molecule has 0 aliphatic heterocycles. The molecule has 1 N–H and O–H groups in total. The Morgan fingerprint density at radius 3 is 2.36 bits per heavy atom. The molecule has 2 rings (SSSR count). The molecule has 0 radical (unpaired) electrons. The molecule has 0 aliphatic rings. The van der Waals surface area contributed by atoms with Crippen molar-refractivity contribution < 1.29 is 21.6 Å². The minimum Gasteiger partial charge on any atom is -0.283 e. The van der Waals surface area contributed by atoms with Crippen molar-refractivity contribution >= 4 is 27.3 Å². The Kier molecular flexibility index (Phi) is 4.67. The van der Waals surface area contributed by atoms with Gasteiger partial charge in [0.05, 0.1) is 11.3 Å². The van der Waals surface area contributed by atoms with Crippen LogP contribution in [0.1, 0.15) is 11.1 Å². The fourth-order valence-electron chi connectivity index (χ4n) is 1.79. The summed E-state index contributed by atoms with van der Waals surface area (Å²) in [4.78, 5) is 0. The van der Waals surface area contributed by atoms with Crippen molar-refractivity contribution in [1.29, 1.82) is 0 Å². The van der Waals surface area contributed by atoms with Crippen molar-refractivity contribution in [2.45, 2.75) is 11.9 Å². The molecule has 0 unspecified atom stereocenters. The molecule has 0 saturated heterocycles. The summed E-state index contributed by atoms with van der Waals surface area (Å²) in [7, 11) is -3.87. The van der Waals surface area contributed by atoms with E-state index in [0.29, 0.717) is 5.56 Å². The number of alkyl halides is 3. The van der Waals surface area contributed by atoms with Crippen molar-refractivity contribution in [2.75, 3.05) is 4.72 Å². The van der Waals surface area contributed by atoms with Gasteiger partial charge in [-0.1, -0.05) is 35.9 Å². The molecule has 0 heterocycles. The third kappa shape index (κ3) is 4.38. The Labute approximate surface area is 130 Å². The average molecular weight is 350 g/mol. The molecule has 0 atom stereocenters. The lowest BCUT2D eigenvalue weighted by Gasteiger charge is -2.11. The Balaban J connectivity index is 2.21. The van der Waals surface area contributed by atoms with E-state index < -0.39 is 27.5 Å². The summed E-state index contributed by atoms with van der Waals surface area (Å²) in [6.07, 6.45) is -4.54. The Hall–Kier alpha value is -1.73. The van der Waals surface area contributed by atoms with E-state index in [2.05, 4.69) is 4.72 Å². The second-order valence-corrected chi connectivity index (χ2v) is 6.66. The van der Waals surface area contributed by atoms with Crippen LogP contribution in [-0.4, -0.2) is 8.42 Å². The normalized spacial score (nSPS) is 12.2. The van der Waals surface area contributed by atoms with Gasteiger partial charge in [0.25, 0.3) is 0 Å². The van der Waals surface area contributed by atoms with Gasteiger partial charge in [-0.25, -0.2) is 8.42 Å². The number of sulfonamides is 1. The van der Waals surface area contributed by atoms with E-state index >= 15 is 0 Å². The SMILES string of the molecule is O=S(=O)(Cc1ccccc1Cl)Nc1cccc(C(F)(F)F)c1. The first kappa shape index (κ1) is 16.6. The van der Waals surface area contributed by atoms with Crippen LogP contribution in [0.25, 0.3) is 0 Å².